The first-order chi connectivity index (χ1) is 42.0. The van der Waals surface area contributed by atoms with Crippen LogP contribution in [-0.2, 0) is 18.4 Å². The molecule has 0 heterocycles. The second-order valence-electron chi connectivity index (χ2n) is 27.7. The van der Waals surface area contributed by atoms with E-state index in [0.29, 0.717) is 23.9 Å². The van der Waals surface area contributed by atoms with E-state index in [0.717, 1.165) is 51.4 Å². The molecule has 0 aliphatic carbocycles. The Balaban J connectivity index is 3.96. The molecular formula is C77H151N2O6P. The summed E-state index contributed by atoms with van der Waals surface area (Å²) in [6.07, 6.45) is 91.0. The summed E-state index contributed by atoms with van der Waals surface area (Å²) in [5, 5.41) is 14.1. The van der Waals surface area contributed by atoms with Gasteiger partial charge < -0.3 is 28.8 Å². The quantitative estimate of drug-likeness (QED) is 0.0272. The molecule has 3 unspecified atom stereocenters. The molecule has 1 amide bonds. The smallest absolute Gasteiger partial charge is 0.268 e. The Labute approximate surface area is 537 Å². The predicted octanol–water partition coefficient (Wildman–Crippen LogP) is 24.2. The average molecular weight is 1230 g/mol. The maximum Gasteiger partial charge on any atom is 0.268 e. The van der Waals surface area contributed by atoms with E-state index in [-0.39, 0.29) is 19.1 Å². The van der Waals surface area contributed by atoms with Crippen LogP contribution in [0.2, 0.25) is 0 Å². The van der Waals surface area contributed by atoms with Crippen molar-refractivity contribution < 1.29 is 32.9 Å². The number of hydrogen-bond acceptors (Lipinski definition) is 6. The van der Waals surface area contributed by atoms with Crippen LogP contribution in [0, 0.1) is 0 Å². The van der Waals surface area contributed by atoms with Crippen LogP contribution in [0.3, 0.4) is 0 Å². The summed E-state index contributed by atoms with van der Waals surface area (Å²) in [5.41, 5.74) is 0. The first-order valence-electron chi connectivity index (χ1n) is 38.3. The normalized spacial score (nSPS) is 13.7. The minimum atomic E-state index is -4.58. The third-order valence-electron chi connectivity index (χ3n) is 17.9. The monoisotopic (exact) mass is 1230 g/mol. The van der Waals surface area contributed by atoms with Gasteiger partial charge in [-0.05, 0) is 51.4 Å². The molecule has 0 aliphatic heterocycles. The molecule has 0 spiro atoms. The Morgan fingerprint density at radius 3 is 0.977 bits per heavy atom. The van der Waals surface area contributed by atoms with Crippen LogP contribution in [-0.4, -0.2) is 68.5 Å². The van der Waals surface area contributed by atoms with E-state index >= 15 is 0 Å². The van der Waals surface area contributed by atoms with Gasteiger partial charge in [-0.2, -0.15) is 0 Å². The molecule has 9 heteroatoms. The Bertz CT molecular complexity index is 1500. The number of hydrogen-bond donors (Lipinski definition) is 2. The lowest BCUT2D eigenvalue weighted by Crippen LogP contribution is -2.46. The fraction of sp³-hybridized carbons (Fsp3) is 0.909. The fourth-order valence-electron chi connectivity index (χ4n) is 11.9. The van der Waals surface area contributed by atoms with Crippen LogP contribution in [0.25, 0.3) is 0 Å². The van der Waals surface area contributed by atoms with Crippen molar-refractivity contribution in [3.63, 3.8) is 0 Å². The minimum absolute atomic E-state index is 0.0142. The van der Waals surface area contributed by atoms with Crippen LogP contribution >= 0.6 is 7.82 Å². The number of carbonyl (C=O) groups excluding carboxylic acids is 1. The van der Waals surface area contributed by atoms with Gasteiger partial charge in [0.15, 0.2) is 0 Å². The largest absolute Gasteiger partial charge is 0.756 e. The van der Waals surface area contributed by atoms with Gasteiger partial charge in [0, 0.05) is 6.42 Å². The summed E-state index contributed by atoms with van der Waals surface area (Å²) in [7, 11) is 1.32. The number of nitrogens with zero attached hydrogens (tertiary/aromatic N) is 1. The second-order valence-corrected chi connectivity index (χ2v) is 29.1. The lowest BCUT2D eigenvalue weighted by atomic mass is 10.0. The summed E-state index contributed by atoms with van der Waals surface area (Å²) in [4.78, 5) is 25.7. The van der Waals surface area contributed by atoms with Gasteiger partial charge in [-0.3, -0.25) is 9.36 Å². The number of likely N-dealkylation sites (N-methyl/N-ethyl adjacent to an activating group) is 1. The maximum absolute atomic E-state index is 13.1. The molecule has 8 nitrogen and oxygen atoms in total. The van der Waals surface area contributed by atoms with Gasteiger partial charge in [0.1, 0.15) is 13.2 Å². The Morgan fingerprint density at radius 2 is 0.674 bits per heavy atom. The molecule has 0 fully saturated rings. The highest BCUT2D eigenvalue weighted by Crippen LogP contribution is 2.38. The standard InChI is InChI=1S/C77H151N2O6P/c1-6-8-10-12-14-16-18-20-22-24-26-28-30-32-34-36-38-39-41-43-45-47-49-51-53-55-57-59-61-63-65-67-69-71-77(81)78-75(74-85-86(82,83)84-73-72-79(3,4)5)76(80)70-68-66-64-62-60-58-56-54-52-50-48-46-44-42-40-37-35-33-31-29-27-25-23-21-19-17-15-13-11-9-7-2/h18,20,24,26,30,32,75-76,80H,6-17,19,21-23,25,27-29,31,33-74H2,1-5H3,(H-,78,81,82,83)/b20-18-,26-24-,32-30-. The van der Waals surface area contributed by atoms with Crippen LogP contribution in [0.1, 0.15) is 399 Å². The number of aliphatic hydroxyl groups is 1. The zero-order chi connectivity index (χ0) is 62.6. The van der Waals surface area contributed by atoms with E-state index in [9.17, 15) is 19.4 Å². The van der Waals surface area contributed by atoms with E-state index in [2.05, 4.69) is 55.6 Å². The number of phosphoric acid groups is 1. The molecule has 0 rings (SSSR count). The molecule has 86 heavy (non-hydrogen) atoms. The van der Waals surface area contributed by atoms with Crippen molar-refractivity contribution in [1.82, 2.24) is 5.32 Å². The molecule has 0 aliphatic rings. The zero-order valence-corrected chi connectivity index (χ0v) is 59.4. The van der Waals surface area contributed by atoms with E-state index in [1.807, 2.05) is 21.1 Å². The van der Waals surface area contributed by atoms with E-state index in [1.165, 1.54) is 321 Å². The summed E-state index contributed by atoms with van der Waals surface area (Å²) in [6, 6.07) is -0.802. The van der Waals surface area contributed by atoms with Gasteiger partial charge in [0.2, 0.25) is 5.91 Å². The van der Waals surface area contributed by atoms with E-state index < -0.39 is 20.0 Å². The van der Waals surface area contributed by atoms with Crippen LogP contribution < -0.4 is 10.2 Å². The maximum atomic E-state index is 13.1. The second kappa shape index (κ2) is 68.1. The third-order valence-corrected chi connectivity index (χ3v) is 18.8. The van der Waals surface area contributed by atoms with Crippen molar-refractivity contribution in [3.8, 4) is 0 Å². The molecule has 0 bridgehead atoms. The Morgan fingerprint density at radius 1 is 0.407 bits per heavy atom. The highest BCUT2D eigenvalue weighted by molar-refractivity contribution is 7.45. The van der Waals surface area contributed by atoms with Crippen molar-refractivity contribution >= 4 is 13.7 Å². The lowest BCUT2D eigenvalue weighted by molar-refractivity contribution is -0.870. The molecule has 0 saturated carbocycles. The van der Waals surface area contributed by atoms with Crippen LogP contribution in [0.15, 0.2) is 36.5 Å². The fourth-order valence-corrected chi connectivity index (χ4v) is 12.7. The summed E-state index contributed by atoms with van der Waals surface area (Å²) in [5.74, 6) is -0.157. The van der Waals surface area contributed by atoms with Crippen molar-refractivity contribution in [2.45, 2.75) is 411 Å². The lowest BCUT2D eigenvalue weighted by Gasteiger charge is -2.30. The number of quaternary nitrogens is 1. The summed E-state index contributed by atoms with van der Waals surface area (Å²) in [6.45, 7) is 4.77. The van der Waals surface area contributed by atoms with Gasteiger partial charge in [0.05, 0.1) is 39.9 Å². The van der Waals surface area contributed by atoms with Crippen LogP contribution in [0.5, 0.6) is 0 Å². The Hall–Kier alpha value is -1.28. The van der Waals surface area contributed by atoms with Crippen LogP contribution in [0.4, 0.5) is 0 Å². The van der Waals surface area contributed by atoms with E-state index in [4.69, 9.17) is 9.05 Å². The molecule has 510 valence electrons. The number of nitrogens with one attached hydrogen (secondary N) is 1. The molecule has 2 N–H and O–H groups in total. The molecule has 0 aromatic heterocycles. The predicted molar refractivity (Wildman–Crippen MR) is 376 cm³/mol. The molecule has 0 aromatic carbocycles. The zero-order valence-electron chi connectivity index (χ0n) is 58.5. The van der Waals surface area contributed by atoms with Gasteiger partial charge in [0.25, 0.3) is 7.82 Å². The molecule has 0 aromatic rings. The van der Waals surface area contributed by atoms with Gasteiger partial charge in [-0.15, -0.1) is 0 Å². The van der Waals surface area contributed by atoms with Crippen molar-refractivity contribution in [2.24, 2.45) is 0 Å². The third kappa shape index (κ3) is 70.2. The number of carbonyl (C=O) groups is 1. The molecular weight excluding hydrogens is 1080 g/mol. The summed E-state index contributed by atoms with van der Waals surface area (Å²) >= 11 is 0. The number of phosphoric ester groups is 1. The topological polar surface area (TPSA) is 108 Å². The number of aliphatic hydroxyl groups excluding tert-OH is 1. The molecule has 3 atom stereocenters. The first kappa shape index (κ1) is 84.7. The van der Waals surface area contributed by atoms with Crippen molar-refractivity contribution in [1.29, 1.82) is 0 Å². The minimum Gasteiger partial charge on any atom is -0.756 e. The van der Waals surface area contributed by atoms with Gasteiger partial charge in [-0.25, -0.2) is 0 Å². The SMILES string of the molecule is CCCCCCC/C=C\C/C=C\C/C=C\CCCCCCCCCCCCCCCCCCCCC(=O)NC(COP(=O)([O-])OCC[N+](C)(C)C)C(O)CCCCCCCCCCCCCCCCCCCCCCCCCCCCCCCCC. The van der Waals surface area contributed by atoms with Crippen molar-refractivity contribution in [2.75, 3.05) is 40.9 Å². The number of rotatable bonds is 72. The Kier molecular flexibility index (Phi) is 67.1. The first-order valence-corrected chi connectivity index (χ1v) is 39.8. The average Bonchev–Trinajstić information content (AvgIpc) is 3.70. The van der Waals surface area contributed by atoms with Crippen molar-refractivity contribution in [3.05, 3.63) is 36.5 Å². The number of amides is 1. The summed E-state index contributed by atoms with van der Waals surface area (Å²) < 4.78 is 23.6. The number of unbranched alkanes of at least 4 members (excludes halogenated alkanes) is 53. The van der Waals surface area contributed by atoms with Gasteiger partial charge >= 0.3 is 0 Å². The molecule has 0 saturated heterocycles. The molecule has 0 radical (unpaired) electrons. The van der Waals surface area contributed by atoms with Gasteiger partial charge in [-0.1, -0.05) is 378 Å². The highest BCUT2D eigenvalue weighted by Gasteiger charge is 2.24. The highest BCUT2D eigenvalue weighted by atomic mass is 31.2. The van der Waals surface area contributed by atoms with E-state index in [1.54, 1.807) is 0 Å². The number of allylic oxidation sites excluding steroid dienone is 6.